The molecule has 1 saturated heterocycles. The third kappa shape index (κ3) is 4.58. The quantitative estimate of drug-likeness (QED) is 0.857. The van der Waals surface area contributed by atoms with E-state index in [-0.39, 0.29) is 11.7 Å². The van der Waals surface area contributed by atoms with Crippen molar-refractivity contribution in [3.8, 4) is 0 Å². The molecular weight excluding hydrogens is 295 g/mol. The van der Waals surface area contributed by atoms with Gasteiger partial charge in [0.1, 0.15) is 0 Å². The molecule has 0 amide bonds. The number of halogens is 3. The van der Waals surface area contributed by atoms with Gasteiger partial charge in [-0.1, -0.05) is 0 Å². The Morgan fingerprint density at radius 3 is 2.75 bits per heavy atom. The van der Waals surface area contributed by atoms with E-state index in [1.54, 1.807) is 0 Å². The van der Waals surface area contributed by atoms with Crippen LogP contribution in [0.1, 0.15) is 5.69 Å². The van der Waals surface area contributed by atoms with E-state index in [2.05, 4.69) is 15.2 Å². The molecule has 114 valence electrons. The van der Waals surface area contributed by atoms with Crippen molar-refractivity contribution in [2.75, 3.05) is 44.7 Å². The van der Waals surface area contributed by atoms with Gasteiger partial charge < -0.3 is 15.2 Å². The van der Waals surface area contributed by atoms with Crippen molar-refractivity contribution in [2.45, 2.75) is 12.3 Å². The Balaban J connectivity index is 1.75. The second kappa shape index (κ2) is 6.70. The Morgan fingerprint density at radius 2 is 2.15 bits per heavy atom. The lowest BCUT2D eigenvalue weighted by atomic mass is 10.3. The number of ether oxygens (including phenoxy) is 1. The van der Waals surface area contributed by atoms with Crippen LogP contribution in [0.5, 0.6) is 0 Å². The molecule has 0 saturated carbocycles. The Morgan fingerprint density at radius 1 is 1.45 bits per heavy atom. The highest BCUT2D eigenvalue weighted by atomic mass is 32.1. The molecule has 1 atom stereocenters. The summed E-state index contributed by atoms with van der Waals surface area (Å²) < 4.78 is 42.3. The predicted molar refractivity (Wildman–Crippen MR) is 68.9 cm³/mol. The Labute approximate surface area is 118 Å². The van der Waals surface area contributed by atoms with Gasteiger partial charge in [-0.3, -0.25) is 4.90 Å². The average molecular weight is 311 g/mol. The zero-order valence-corrected chi connectivity index (χ0v) is 11.5. The van der Waals surface area contributed by atoms with Crippen LogP contribution in [-0.4, -0.2) is 60.5 Å². The summed E-state index contributed by atoms with van der Waals surface area (Å²) >= 11 is 0.878. The summed E-state index contributed by atoms with van der Waals surface area (Å²) in [7, 11) is 0. The maximum atomic E-state index is 12.4. The number of aromatic nitrogens is 1. The fourth-order valence-corrected chi connectivity index (χ4v) is 2.56. The van der Waals surface area contributed by atoms with Gasteiger partial charge in [0.2, 0.25) is 0 Å². The van der Waals surface area contributed by atoms with Gasteiger partial charge in [-0.2, -0.15) is 13.2 Å². The number of aliphatic hydroxyl groups excluding tert-OH is 1. The number of β-amino-alcohol motifs (C(OH)–C–C–N with tert-alkyl or cyclic N) is 1. The predicted octanol–water partition coefficient (Wildman–Crippen LogP) is 1.27. The van der Waals surface area contributed by atoms with E-state index in [9.17, 15) is 18.3 Å². The van der Waals surface area contributed by atoms with E-state index in [1.807, 2.05) is 0 Å². The first-order valence-electron chi connectivity index (χ1n) is 6.20. The standard InChI is InChI=1S/C11H16F3N3O2S/c12-11(13,14)9-7-20-10(16-9)15-5-8(18)6-17-1-3-19-4-2-17/h7-8,18H,1-6H2,(H,15,16)/t8-/m0/s1. The van der Waals surface area contributed by atoms with Crippen LogP contribution >= 0.6 is 11.3 Å². The summed E-state index contributed by atoms with van der Waals surface area (Å²) in [5, 5.41) is 13.7. The molecule has 0 spiro atoms. The maximum Gasteiger partial charge on any atom is 0.434 e. The lowest BCUT2D eigenvalue weighted by molar-refractivity contribution is -0.140. The molecule has 0 bridgehead atoms. The number of nitrogens with zero attached hydrogens (tertiary/aromatic N) is 2. The molecule has 0 aliphatic carbocycles. The van der Waals surface area contributed by atoms with Gasteiger partial charge in [-0.15, -0.1) is 11.3 Å². The fourth-order valence-electron chi connectivity index (χ4n) is 1.84. The van der Waals surface area contributed by atoms with Gasteiger partial charge in [0.05, 0.1) is 19.3 Å². The number of anilines is 1. The Hall–Kier alpha value is -0.900. The number of morpholine rings is 1. The van der Waals surface area contributed by atoms with Crippen LogP contribution < -0.4 is 5.32 Å². The monoisotopic (exact) mass is 311 g/mol. The first-order chi connectivity index (χ1) is 9.45. The summed E-state index contributed by atoms with van der Waals surface area (Å²) in [4.78, 5) is 5.49. The number of aliphatic hydroxyl groups is 1. The highest BCUT2D eigenvalue weighted by Gasteiger charge is 2.33. The third-order valence-electron chi connectivity index (χ3n) is 2.86. The van der Waals surface area contributed by atoms with Crippen molar-refractivity contribution in [1.82, 2.24) is 9.88 Å². The average Bonchev–Trinajstić information content (AvgIpc) is 2.86. The molecule has 1 aliphatic rings. The van der Waals surface area contributed by atoms with Crippen molar-refractivity contribution in [1.29, 1.82) is 0 Å². The summed E-state index contributed by atoms with van der Waals surface area (Å²) in [6.07, 6.45) is -5.09. The number of hydrogen-bond donors (Lipinski definition) is 2. The molecule has 20 heavy (non-hydrogen) atoms. The highest BCUT2D eigenvalue weighted by molar-refractivity contribution is 7.13. The molecule has 1 aliphatic heterocycles. The number of rotatable bonds is 5. The lowest BCUT2D eigenvalue weighted by Crippen LogP contribution is -2.42. The number of hydrogen-bond acceptors (Lipinski definition) is 6. The molecule has 0 radical (unpaired) electrons. The van der Waals surface area contributed by atoms with Crippen molar-refractivity contribution in [3.63, 3.8) is 0 Å². The Kier molecular flexibility index (Phi) is 5.19. The number of thiazole rings is 1. The minimum absolute atomic E-state index is 0.165. The minimum Gasteiger partial charge on any atom is -0.390 e. The fraction of sp³-hybridized carbons (Fsp3) is 0.727. The second-order valence-corrected chi connectivity index (χ2v) is 5.34. The molecule has 2 N–H and O–H groups in total. The summed E-state index contributed by atoms with van der Waals surface area (Å²) in [5.74, 6) is 0. The van der Waals surface area contributed by atoms with E-state index < -0.39 is 18.0 Å². The van der Waals surface area contributed by atoms with Crippen molar-refractivity contribution in [3.05, 3.63) is 11.1 Å². The van der Waals surface area contributed by atoms with E-state index in [1.165, 1.54) is 0 Å². The lowest BCUT2D eigenvalue weighted by Gasteiger charge is -2.28. The molecule has 2 rings (SSSR count). The molecular formula is C11H16F3N3O2S. The highest BCUT2D eigenvalue weighted by Crippen LogP contribution is 2.31. The third-order valence-corrected chi connectivity index (χ3v) is 3.66. The van der Waals surface area contributed by atoms with E-state index in [4.69, 9.17) is 4.74 Å². The second-order valence-electron chi connectivity index (χ2n) is 4.48. The SMILES string of the molecule is O[C@@H](CNc1nc(C(F)(F)F)cs1)CN1CCOCC1. The van der Waals surface area contributed by atoms with Crippen molar-refractivity contribution in [2.24, 2.45) is 0 Å². The molecule has 5 nitrogen and oxygen atoms in total. The number of alkyl halides is 3. The largest absolute Gasteiger partial charge is 0.434 e. The molecule has 1 aromatic heterocycles. The van der Waals surface area contributed by atoms with Gasteiger partial charge in [0.15, 0.2) is 10.8 Å². The van der Waals surface area contributed by atoms with Crippen LogP contribution in [0.2, 0.25) is 0 Å². The molecule has 1 aromatic rings. The van der Waals surface area contributed by atoms with Crippen molar-refractivity contribution >= 4 is 16.5 Å². The smallest absolute Gasteiger partial charge is 0.390 e. The number of nitrogens with one attached hydrogen (secondary N) is 1. The molecule has 0 unspecified atom stereocenters. The first-order valence-corrected chi connectivity index (χ1v) is 7.08. The van der Waals surface area contributed by atoms with Gasteiger partial charge in [-0.25, -0.2) is 4.98 Å². The minimum atomic E-state index is -4.43. The zero-order chi connectivity index (χ0) is 14.6. The van der Waals surface area contributed by atoms with E-state index in [0.29, 0.717) is 19.8 Å². The summed E-state index contributed by atoms with van der Waals surface area (Å²) in [6, 6.07) is 0. The van der Waals surface area contributed by atoms with Gasteiger partial charge in [0, 0.05) is 31.6 Å². The van der Waals surface area contributed by atoms with Crippen LogP contribution in [0.3, 0.4) is 0 Å². The topological polar surface area (TPSA) is 57.6 Å². The van der Waals surface area contributed by atoms with E-state index in [0.717, 1.165) is 29.8 Å². The zero-order valence-electron chi connectivity index (χ0n) is 10.7. The summed E-state index contributed by atoms with van der Waals surface area (Å²) in [6.45, 7) is 3.43. The Bertz CT molecular complexity index is 421. The van der Waals surface area contributed by atoms with Crippen LogP contribution in [0.4, 0.5) is 18.3 Å². The van der Waals surface area contributed by atoms with Gasteiger partial charge in [-0.05, 0) is 0 Å². The normalized spacial score (nSPS) is 19.0. The maximum absolute atomic E-state index is 12.4. The molecule has 0 aromatic carbocycles. The van der Waals surface area contributed by atoms with Gasteiger partial charge in [0.25, 0.3) is 0 Å². The first kappa shape index (κ1) is 15.5. The van der Waals surface area contributed by atoms with Crippen molar-refractivity contribution < 1.29 is 23.0 Å². The van der Waals surface area contributed by atoms with Crippen LogP contribution in [0, 0.1) is 0 Å². The molecule has 1 fully saturated rings. The van der Waals surface area contributed by atoms with Crippen LogP contribution in [0.15, 0.2) is 5.38 Å². The van der Waals surface area contributed by atoms with E-state index >= 15 is 0 Å². The van der Waals surface area contributed by atoms with Crippen LogP contribution in [0.25, 0.3) is 0 Å². The van der Waals surface area contributed by atoms with Crippen LogP contribution in [-0.2, 0) is 10.9 Å². The summed E-state index contributed by atoms with van der Waals surface area (Å²) in [5.41, 5.74) is -0.910. The molecule has 2 heterocycles. The molecule has 9 heteroatoms. The van der Waals surface area contributed by atoms with Gasteiger partial charge >= 0.3 is 6.18 Å².